The van der Waals surface area contributed by atoms with Crippen LogP contribution >= 0.6 is 0 Å². The molecule has 2 rings (SSSR count). The fourth-order valence-corrected chi connectivity index (χ4v) is 2.55. The summed E-state index contributed by atoms with van der Waals surface area (Å²) in [6, 6.07) is 11.0. The lowest BCUT2D eigenvalue weighted by Gasteiger charge is -2.26. The molecule has 2 unspecified atom stereocenters. The number of rotatable bonds is 6. The first-order valence-electron chi connectivity index (χ1n) is 8.01. The fraction of sp³-hybridized carbons (Fsp3) is 0.368. The predicted molar refractivity (Wildman–Crippen MR) is 92.2 cm³/mol. The fourth-order valence-electron chi connectivity index (χ4n) is 2.55. The lowest BCUT2D eigenvalue weighted by atomic mass is 10.0. The lowest BCUT2D eigenvalue weighted by Crippen LogP contribution is -2.35. The average molecular weight is 328 g/mol. The van der Waals surface area contributed by atoms with E-state index in [1.807, 2.05) is 44.2 Å². The van der Waals surface area contributed by atoms with Crippen LogP contribution in [0.2, 0.25) is 0 Å². The molecule has 0 bridgehead atoms. The minimum atomic E-state index is -0.346. The number of nitrogens with zero attached hydrogens (tertiary/aromatic N) is 1. The van der Waals surface area contributed by atoms with Gasteiger partial charge in [-0.1, -0.05) is 29.8 Å². The van der Waals surface area contributed by atoms with Crippen molar-refractivity contribution in [2.45, 2.75) is 39.3 Å². The molecule has 24 heavy (non-hydrogen) atoms. The van der Waals surface area contributed by atoms with Crippen LogP contribution in [-0.2, 0) is 9.59 Å². The summed E-state index contributed by atoms with van der Waals surface area (Å²) in [5.74, 6) is 0.519. The Labute approximate surface area is 142 Å². The molecular formula is C19H24N2O3. The lowest BCUT2D eigenvalue weighted by molar-refractivity contribution is -0.133. The second kappa shape index (κ2) is 7.81. The zero-order chi connectivity index (χ0) is 17.7. The minimum absolute atomic E-state index is 0.0572. The molecule has 0 aliphatic carbocycles. The Morgan fingerprint density at radius 2 is 1.88 bits per heavy atom. The zero-order valence-corrected chi connectivity index (χ0v) is 14.6. The first-order chi connectivity index (χ1) is 11.4. The van der Waals surface area contributed by atoms with Gasteiger partial charge in [0.05, 0.1) is 24.8 Å². The topological polar surface area (TPSA) is 62.6 Å². The molecule has 1 heterocycles. The monoisotopic (exact) mass is 328 g/mol. The van der Waals surface area contributed by atoms with Gasteiger partial charge in [0.2, 0.25) is 11.8 Å². The number of aryl methyl sites for hydroxylation is 1. The van der Waals surface area contributed by atoms with Gasteiger partial charge in [-0.2, -0.15) is 0 Å². The summed E-state index contributed by atoms with van der Waals surface area (Å²) in [6.07, 6.45) is 1.79. The van der Waals surface area contributed by atoms with Crippen LogP contribution in [0.5, 0.6) is 0 Å². The second-order valence-electron chi connectivity index (χ2n) is 6.06. The normalized spacial score (nSPS) is 13.2. The van der Waals surface area contributed by atoms with E-state index in [1.165, 1.54) is 6.92 Å². The quantitative estimate of drug-likeness (QED) is 0.884. The number of hydrogen-bond donors (Lipinski definition) is 1. The Morgan fingerprint density at radius 3 is 2.42 bits per heavy atom. The van der Waals surface area contributed by atoms with Crippen LogP contribution in [0.4, 0.5) is 0 Å². The number of carbonyl (C=O) groups excluding carboxylic acids is 2. The first kappa shape index (κ1) is 17.8. The van der Waals surface area contributed by atoms with Crippen molar-refractivity contribution in [2.75, 3.05) is 7.05 Å². The Balaban J connectivity index is 2.11. The van der Waals surface area contributed by atoms with Gasteiger partial charge in [0.15, 0.2) is 0 Å². The standard InChI is InChI=1S/C19H24N2O3/c1-13-7-9-16(10-8-13)17(20-15(3)22)12-19(23)21(4)14(2)18-6-5-11-24-18/h5-11,14,17H,12H2,1-4H3,(H,20,22). The molecule has 0 saturated heterocycles. The van der Waals surface area contributed by atoms with E-state index in [9.17, 15) is 9.59 Å². The zero-order valence-electron chi connectivity index (χ0n) is 14.6. The van der Waals surface area contributed by atoms with Gasteiger partial charge in [0.1, 0.15) is 5.76 Å². The maximum atomic E-state index is 12.6. The summed E-state index contributed by atoms with van der Waals surface area (Å²) in [4.78, 5) is 25.8. The van der Waals surface area contributed by atoms with Gasteiger partial charge in [-0.3, -0.25) is 9.59 Å². The van der Waals surface area contributed by atoms with Crippen LogP contribution in [-0.4, -0.2) is 23.8 Å². The van der Waals surface area contributed by atoms with Gasteiger partial charge in [-0.15, -0.1) is 0 Å². The van der Waals surface area contributed by atoms with Crippen molar-refractivity contribution in [1.29, 1.82) is 0 Å². The molecule has 2 aromatic rings. The summed E-state index contributed by atoms with van der Waals surface area (Å²) in [7, 11) is 1.75. The van der Waals surface area contributed by atoms with Crippen molar-refractivity contribution in [2.24, 2.45) is 0 Å². The summed E-state index contributed by atoms with van der Waals surface area (Å²) in [6.45, 7) is 5.37. The molecule has 0 saturated carbocycles. The third kappa shape index (κ3) is 4.47. The van der Waals surface area contributed by atoms with E-state index in [0.29, 0.717) is 0 Å². The highest BCUT2D eigenvalue weighted by Crippen LogP contribution is 2.23. The maximum absolute atomic E-state index is 12.6. The number of amides is 2. The predicted octanol–water partition coefficient (Wildman–Crippen LogP) is 3.37. The van der Waals surface area contributed by atoms with Gasteiger partial charge in [0, 0.05) is 14.0 Å². The third-order valence-corrected chi connectivity index (χ3v) is 4.17. The summed E-state index contributed by atoms with van der Waals surface area (Å²) in [5, 5.41) is 2.87. The molecule has 2 atom stereocenters. The minimum Gasteiger partial charge on any atom is -0.467 e. The largest absolute Gasteiger partial charge is 0.467 e. The van der Waals surface area contributed by atoms with E-state index in [4.69, 9.17) is 4.42 Å². The van der Waals surface area contributed by atoms with E-state index >= 15 is 0 Å². The Morgan fingerprint density at radius 1 is 1.21 bits per heavy atom. The van der Waals surface area contributed by atoms with Crippen LogP contribution < -0.4 is 5.32 Å². The number of benzene rings is 1. The average Bonchev–Trinajstić information content (AvgIpc) is 3.07. The van der Waals surface area contributed by atoms with Crippen LogP contribution in [0.1, 0.15) is 49.2 Å². The molecule has 0 aliphatic heterocycles. The molecule has 0 fully saturated rings. The summed E-state index contributed by atoms with van der Waals surface area (Å²) in [5.41, 5.74) is 2.05. The summed E-state index contributed by atoms with van der Waals surface area (Å²) < 4.78 is 5.37. The van der Waals surface area contributed by atoms with E-state index in [2.05, 4.69) is 5.32 Å². The molecule has 2 amide bonds. The van der Waals surface area contributed by atoms with Gasteiger partial charge in [0.25, 0.3) is 0 Å². The van der Waals surface area contributed by atoms with Crippen LogP contribution in [0.15, 0.2) is 47.1 Å². The van der Waals surface area contributed by atoms with E-state index in [1.54, 1.807) is 24.3 Å². The number of nitrogens with one attached hydrogen (secondary N) is 1. The van der Waals surface area contributed by atoms with Crippen LogP contribution in [0.3, 0.4) is 0 Å². The molecule has 128 valence electrons. The highest BCUT2D eigenvalue weighted by Gasteiger charge is 2.24. The van der Waals surface area contributed by atoms with Gasteiger partial charge in [-0.05, 0) is 31.5 Å². The Kier molecular flexibility index (Phi) is 5.79. The van der Waals surface area contributed by atoms with Gasteiger partial charge < -0.3 is 14.6 Å². The Hall–Kier alpha value is -2.56. The molecule has 5 nitrogen and oxygen atoms in total. The number of hydrogen-bond acceptors (Lipinski definition) is 3. The van der Waals surface area contributed by atoms with Crippen molar-refractivity contribution in [3.63, 3.8) is 0 Å². The molecule has 1 aromatic carbocycles. The van der Waals surface area contributed by atoms with Gasteiger partial charge >= 0.3 is 0 Å². The highest BCUT2D eigenvalue weighted by atomic mass is 16.3. The van der Waals surface area contributed by atoms with Crippen molar-refractivity contribution in [1.82, 2.24) is 10.2 Å². The van der Waals surface area contributed by atoms with Crippen LogP contribution in [0, 0.1) is 6.92 Å². The van der Waals surface area contributed by atoms with E-state index in [-0.39, 0.29) is 30.3 Å². The van der Waals surface area contributed by atoms with Crippen LogP contribution in [0.25, 0.3) is 0 Å². The number of furan rings is 1. The molecule has 0 radical (unpaired) electrons. The molecule has 0 spiro atoms. The molecule has 5 heteroatoms. The highest BCUT2D eigenvalue weighted by molar-refractivity contribution is 5.79. The van der Waals surface area contributed by atoms with Crippen molar-refractivity contribution >= 4 is 11.8 Å². The Bertz CT molecular complexity index is 677. The van der Waals surface area contributed by atoms with Crippen molar-refractivity contribution in [3.05, 3.63) is 59.5 Å². The molecular weight excluding hydrogens is 304 g/mol. The smallest absolute Gasteiger partial charge is 0.225 e. The first-order valence-corrected chi connectivity index (χ1v) is 8.01. The van der Waals surface area contributed by atoms with Gasteiger partial charge in [-0.25, -0.2) is 0 Å². The van der Waals surface area contributed by atoms with Crippen molar-refractivity contribution < 1.29 is 14.0 Å². The molecule has 1 N–H and O–H groups in total. The van der Waals surface area contributed by atoms with E-state index < -0.39 is 0 Å². The molecule has 0 aliphatic rings. The maximum Gasteiger partial charge on any atom is 0.225 e. The van der Waals surface area contributed by atoms with Crippen molar-refractivity contribution in [3.8, 4) is 0 Å². The van der Waals surface area contributed by atoms with E-state index in [0.717, 1.165) is 16.9 Å². The second-order valence-corrected chi connectivity index (χ2v) is 6.06. The third-order valence-electron chi connectivity index (χ3n) is 4.17. The SMILES string of the molecule is CC(=O)NC(CC(=O)N(C)C(C)c1ccco1)c1ccc(C)cc1. The summed E-state index contributed by atoms with van der Waals surface area (Å²) >= 11 is 0. The molecule has 1 aromatic heterocycles. The number of carbonyl (C=O) groups is 2.